The monoisotopic (exact) mass is 446 g/mol. The van der Waals surface area contributed by atoms with E-state index < -0.39 is 18.6 Å². The van der Waals surface area contributed by atoms with Crippen LogP contribution in [0.2, 0.25) is 0 Å². The molecule has 0 N–H and O–H groups in total. The quantitative estimate of drug-likeness (QED) is 0.670. The summed E-state index contributed by atoms with van der Waals surface area (Å²) in [4.78, 5) is 38.4. The van der Waals surface area contributed by atoms with Gasteiger partial charge in [-0.1, -0.05) is 15.9 Å². The molecule has 1 aromatic rings. The second-order valence-electron chi connectivity index (χ2n) is 6.23. The zero-order valence-corrected chi connectivity index (χ0v) is 15.8. The van der Waals surface area contributed by atoms with Crippen LogP contribution in [0.1, 0.15) is 18.4 Å². The van der Waals surface area contributed by atoms with Crippen molar-refractivity contribution in [1.82, 2.24) is 9.80 Å². The Morgan fingerprint density at radius 1 is 1.37 bits per heavy atom. The number of benzene rings is 1. The van der Waals surface area contributed by atoms with Crippen LogP contribution in [0.25, 0.3) is 0 Å². The molecule has 146 valence electrons. The van der Waals surface area contributed by atoms with Crippen LogP contribution in [0.3, 0.4) is 0 Å². The summed E-state index contributed by atoms with van der Waals surface area (Å²) in [5.74, 6) is -0.548. The molecule has 27 heavy (non-hydrogen) atoms. The van der Waals surface area contributed by atoms with E-state index in [0.717, 1.165) is 4.90 Å². The van der Waals surface area contributed by atoms with Gasteiger partial charge < -0.3 is 14.4 Å². The molecule has 1 atom stereocenters. The van der Waals surface area contributed by atoms with Gasteiger partial charge in [-0.2, -0.15) is 8.78 Å². The third-order valence-corrected chi connectivity index (χ3v) is 5.01. The van der Waals surface area contributed by atoms with Gasteiger partial charge in [0.05, 0.1) is 6.04 Å². The molecule has 2 aliphatic heterocycles. The number of carbonyl (C=O) groups excluding carboxylic acids is 3. The van der Waals surface area contributed by atoms with Crippen molar-refractivity contribution >= 4 is 33.8 Å². The molecule has 0 saturated carbocycles. The zero-order chi connectivity index (χ0) is 19.6. The number of rotatable bonds is 6. The van der Waals surface area contributed by atoms with Crippen molar-refractivity contribution < 1.29 is 32.6 Å². The molecule has 2 aliphatic rings. The van der Waals surface area contributed by atoms with Gasteiger partial charge in [0.25, 0.3) is 5.91 Å². The number of imide groups is 1. The lowest BCUT2D eigenvalue weighted by Gasteiger charge is -2.20. The van der Waals surface area contributed by atoms with Crippen LogP contribution >= 0.6 is 15.9 Å². The van der Waals surface area contributed by atoms with Crippen molar-refractivity contribution in [2.24, 2.45) is 0 Å². The molecule has 0 aliphatic carbocycles. The molecule has 3 amide bonds. The highest BCUT2D eigenvalue weighted by molar-refractivity contribution is 9.10. The van der Waals surface area contributed by atoms with Gasteiger partial charge in [-0.15, -0.1) is 0 Å². The van der Waals surface area contributed by atoms with Gasteiger partial charge >= 0.3 is 12.7 Å². The second kappa shape index (κ2) is 8.20. The summed E-state index contributed by atoms with van der Waals surface area (Å²) < 4.78 is 34.9. The Labute approximate surface area is 162 Å². The number of ether oxygens (including phenoxy) is 2. The van der Waals surface area contributed by atoms with Gasteiger partial charge in [-0.05, 0) is 36.6 Å². The van der Waals surface area contributed by atoms with E-state index in [1.807, 2.05) is 0 Å². The van der Waals surface area contributed by atoms with Crippen LogP contribution in [-0.4, -0.2) is 60.1 Å². The lowest BCUT2D eigenvalue weighted by Crippen LogP contribution is -2.42. The molecule has 10 heteroatoms. The molecule has 2 heterocycles. The molecular formula is C17H17BrF2N2O5. The minimum atomic E-state index is -2.95. The maximum atomic E-state index is 12.5. The van der Waals surface area contributed by atoms with Crippen LogP contribution in [0.5, 0.6) is 5.75 Å². The largest absolute Gasteiger partial charge is 0.439 e. The number of nitrogens with zero attached hydrogens (tertiary/aromatic N) is 2. The first-order valence-corrected chi connectivity index (χ1v) is 9.14. The van der Waals surface area contributed by atoms with Crippen LogP contribution in [0.4, 0.5) is 13.6 Å². The Hall–Kier alpha value is -2.23. The smallest absolute Gasteiger partial charge is 0.417 e. The predicted molar refractivity (Wildman–Crippen MR) is 92.3 cm³/mol. The minimum absolute atomic E-state index is 0.0331. The number of halogens is 3. The standard InChI is InChI=1S/C17H17BrF2N2O5/c18-11-2-3-13(27-16(19)20)10(7-11)1-4-14(23)21-6-5-12(8-21)22-15(24)9-26-17(22)25/h2-3,7,12,16H,1,4-6,8-9H2/t12-/m1/s1. The summed E-state index contributed by atoms with van der Waals surface area (Å²) in [6.07, 6.45) is 0.138. The highest BCUT2D eigenvalue weighted by Crippen LogP contribution is 2.27. The first kappa shape index (κ1) is 19.5. The predicted octanol–water partition coefficient (Wildman–Crippen LogP) is 2.56. The molecule has 0 radical (unpaired) electrons. The topological polar surface area (TPSA) is 76.2 Å². The minimum Gasteiger partial charge on any atom is -0.439 e. The van der Waals surface area contributed by atoms with E-state index in [2.05, 4.69) is 20.7 Å². The first-order valence-electron chi connectivity index (χ1n) is 8.35. The van der Waals surface area contributed by atoms with Gasteiger partial charge in [0.15, 0.2) is 6.61 Å². The Bertz CT molecular complexity index is 745. The highest BCUT2D eigenvalue weighted by atomic mass is 79.9. The Kier molecular flexibility index (Phi) is 5.93. The summed E-state index contributed by atoms with van der Waals surface area (Å²) in [7, 11) is 0. The molecule has 0 spiro atoms. The zero-order valence-electron chi connectivity index (χ0n) is 14.2. The molecule has 1 aromatic carbocycles. The number of hydrogen-bond donors (Lipinski definition) is 0. The Morgan fingerprint density at radius 3 is 2.81 bits per heavy atom. The third kappa shape index (κ3) is 4.55. The molecular weight excluding hydrogens is 430 g/mol. The first-order chi connectivity index (χ1) is 12.8. The average Bonchev–Trinajstić information content (AvgIpc) is 3.21. The lowest BCUT2D eigenvalue weighted by atomic mass is 10.1. The van der Waals surface area contributed by atoms with Crippen LogP contribution in [-0.2, 0) is 20.7 Å². The molecule has 2 saturated heterocycles. The number of hydrogen-bond acceptors (Lipinski definition) is 5. The Balaban J connectivity index is 1.58. The molecule has 7 nitrogen and oxygen atoms in total. The van der Waals surface area contributed by atoms with Crippen molar-refractivity contribution in [2.75, 3.05) is 19.7 Å². The van der Waals surface area contributed by atoms with E-state index in [-0.39, 0.29) is 43.7 Å². The number of alkyl halides is 2. The average molecular weight is 447 g/mol. The molecule has 0 bridgehead atoms. The highest BCUT2D eigenvalue weighted by Gasteiger charge is 2.41. The van der Waals surface area contributed by atoms with E-state index in [1.54, 1.807) is 17.0 Å². The summed E-state index contributed by atoms with van der Waals surface area (Å²) in [6, 6.07) is 4.25. The molecule has 2 fully saturated rings. The molecule has 0 aromatic heterocycles. The normalized spacial score (nSPS) is 19.8. The SMILES string of the molecule is O=C(CCc1cc(Br)ccc1OC(F)F)N1CC[C@@H](N2C(=O)COC2=O)C1. The fourth-order valence-electron chi connectivity index (χ4n) is 3.25. The van der Waals surface area contributed by atoms with Crippen LogP contribution in [0.15, 0.2) is 22.7 Å². The van der Waals surface area contributed by atoms with Crippen molar-refractivity contribution in [2.45, 2.75) is 31.9 Å². The summed E-state index contributed by atoms with van der Waals surface area (Å²) in [5, 5.41) is 0. The van der Waals surface area contributed by atoms with Gasteiger partial charge in [0.1, 0.15) is 5.75 Å². The van der Waals surface area contributed by atoms with E-state index in [4.69, 9.17) is 4.74 Å². The number of cyclic esters (lactones) is 1. The van der Waals surface area contributed by atoms with Crippen molar-refractivity contribution in [3.63, 3.8) is 0 Å². The number of carbonyl (C=O) groups is 3. The lowest BCUT2D eigenvalue weighted by molar-refractivity contribution is -0.131. The summed E-state index contributed by atoms with van der Waals surface area (Å²) >= 11 is 3.27. The van der Waals surface area contributed by atoms with Crippen LogP contribution in [0, 0.1) is 0 Å². The van der Waals surface area contributed by atoms with Crippen molar-refractivity contribution in [3.8, 4) is 5.75 Å². The fourth-order valence-corrected chi connectivity index (χ4v) is 3.66. The van der Waals surface area contributed by atoms with E-state index in [9.17, 15) is 23.2 Å². The number of aryl methyl sites for hydroxylation is 1. The maximum absolute atomic E-state index is 12.5. The second-order valence-corrected chi connectivity index (χ2v) is 7.15. The van der Waals surface area contributed by atoms with Gasteiger partial charge in [-0.3, -0.25) is 9.59 Å². The van der Waals surface area contributed by atoms with Crippen LogP contribution < -0.4 is 4.74 Å². The van der Waals surface area contributed by atoms with Crippen molar-refractivity contribution in [1.29, 1.82) is 0 Å². The maximum Gasteiger partial charge on any atom is 0.417 e. The number of likely N-dealkylation sites (tertiary alicyclic amines) is 1. The summed E-state index contributed by atoms with van der Waals surface area (Å²) in [6.45, 7) is -2.55. The Morgan fingerprint density at radius 2 is 2.15 bits per heavy atom. The van der Waals surface area contributed by atoms with Gasteiger partial charge in [-0.25, -0.2) is 9.69 Å². The number of amides is 3. The summed E-state index contributed by atoms with van der Waals surface area (Å²) in [5.41, 5.74) is 0.493. The van der Waals surface area contributed by atoms with E-state index in [1.165, 1.54) is 6.07 Å². The van der Waals surface area contributed by atoms with Crippen molar-refractivity contribution in [3.05, 3.63) is 28.2 Å². The van der Waals surface area contributed by atoms with Gasteiger partial charge in [0, 0.05) is 24.0 Å². The van der Waals surface area contributed by atoms with Gasteiger partial charge in [0.2, 0.25) is 5.91 Å². The molecule has 0 unspecified atom stereocenters. The van der Waals surface area contributed by atoms with E-state index >= 15 is 0 Å². The third-order valence-electron chi connectivity index (χ3n) is 4.51. The fraction of sp³-hybridized carbons (Fsp3) is 0.471. The van der Waals surface area contributed by atoms with E-state index in [0.29, 0.717) is 23.0 Å². The molecule has 3 rings (SSSR count).